The molecular weight excluding hydrogens is 380 g/mol. The number of nitrogens with one attached hydrogen (secondary N) is 1. The molecule has 0 atom stereocenters. The summed E-state index contributed by atoms with van der Waals surface area (Å²) in [4.78, 5) is 19.6. The van der Waals surface area contributed by atoms with Gasteiger partial charge in [0.2, 0.25) is 0 Å². The van der Waals surface area contributed by atoms with Crippen molar-refractivity contribution >= 4 is 38.9 Å². The van der Waals surface area contributed by atoms with E-state index >= 15 is 0 Å². The van der Waals surface area contributed by atoms with Gasteiger partial charge in [-0.05, 0) is 65.2 Å². The highest BCUT2D eigenvalue weighted by Gasteiger charge is 2.19. The van der Waals surface area contributed by atoms with Crippen molar-refractivity contribution in [3.63, 3.8) is 0 Å². The number of hydrogen-bond donors (Lipinski definition) is 1. The van der Waals surface area contributed by atoms with Gasteiger partial charge in [0.25, 0.3) is 5.91 Å². The highest BCUT2D eigenvalue weighted by molar-refractivity contribution is 9.10. The summed E-state index contributed by atoms with van der Waals surface area (Å²) in [5.41, 5.74) is 5.06. The fourth-order valence-corrected chi connectivity index (χ4v) is 3.38. The first kappa shape index (κ1) is 17.5. The fourth-order valence-electron chi connectivity index (χ4n) is 2.84. The van der Waals surface area contributed by atoms with Gasteiger partial charge in [0.05, 0.1) is 5.69 Å². The zero-order valence-electron chi connectivity index (χ0n) is 14.8. The third-order valence-electron chi connectivity index (χ3n) is 4.13. The number of nitrogens with zero attached hydrogens (tertiary/aromatic N) is 3. The fraction of sp³-hybridized carbons (Fsp3) is 0.263. The van der Waals surface area contributed by atoms with Crippen LogP contribution >= 0.6 is 15.9 Å². The lowest BCUT2D eigenvalue weighted by Crippen LogP contribution is -2.16. The molecule has 3 aromatic rings. The number of rotatable bonds is 4. The summed E-state index contributed by atoms with van der Waals surface area (Å²) in [6, 6.07) is 9.77. The zero-order valence-corrected chi connectivity index (χ0v) is 16.4. The topological polar surface area (TPSA) is 49.6 Å². The molecule has 130 valence electrons. The Labute approximate surface area is 155 Å². The molecule has 0 spiro atoms. The van der Waals surface area contributed by atoms with Gasteiger partial charge in [-0.2, -0.15) is 0 Å². The highest BCUT2D eigenvalue weighted by atomic mass is 79.9. The second-order valence-electron chi connectivity index (χ2n) is 6.19. The number of fused-ring (bicyclic) bond motifs is 1. The van der Waals surface area contributed by atoms with Crippen LogP contribution in [0, 0.1) is 6.92 Å². The normalized spacial score (nSPS) is 10.9. The van der Waals surface area contributed by atoms with Crippen LogP contribution in [0.1, 0.15) is 28.7 Å². The lowest BCUT2D eigenvalue weighted by Gasteiger charge is -2.13. The number of carbonyl (C=O) groups is 1. The van der Waals surface area contributed by atoms with Crippen molar-refractivity contribution in [2.45, 2.75) is 20.3 Å². The Hall–Kier alpha value is -2.34. The molecule has 3 rings (SSSR count). The lowest BCUT2D eigenvalue weighted by atomic mass is 10.2. The summed E-state index contributed by atoms with van der Waals surface area (Å²) in [5, 5.41) is 2.98. The number of carbonyl (C=O) groups excluding carboxylic acids is 1. The Morgan fingerprint density at radius 1 is 1.28 bits per heavy atom. The van der Waals surface area contributed by atoms with Gasteiger partial charge >= 0.3 is 0 Å². The molecule has 1 aromatic carbocycles. The van der Waals surface area contributed by atoms with Crippen LogP contribution in [0.25, 0.3) is 5.65 Å². The van der Waals surface area contributed by atoms with Crippen LogP contribution in [0.3, 0.4) is 0 Å². The maximum atomic E-state index is 12.9. The Balaban J connectivity index is 1.99. The van der Waals surface area contributed by atoms with Gasteiger partial charge in [-0.1, -0.05) is 6.92 Å². The Kier molecular flexibility index (Phi) is 4.81. The van der Waals surface area contributed by atoms with E-state index in [0.29, 0.717) is 12.1 Å². The van der Waals surface area contributed by atoms with E-state index in [1.54, 1.807) is 0 Å². The largest absolute Gasteiger partial charge is 0.378 e. The van der Waals surface area contributed by atoms with E-state index in [2.05, 4.69) is 26.2 Å². The van der Waals surface area contributed by atoms with E-state index in [1.165, 1.54) is 0 Å². The van der Waals surface area contributed by atoms with Crippen molar-refractivity contribution < 1.29 is 4.79 Å². The monoisotopic (exact) mass is 400 g/mol. The number of amides is 1. The summed E-state index contributed by atoms with van der Waals surface area (Å²) in [6.45, 7) is 4.00. The van der Waals surface area contributed by atoms with Crippen LogP contribution in [-0.4, -0.2) is 29.4 Å². The van der Waals surface area contributed by atoms with Crippen LogP contribution in [0.2, 0.25) is 0 Å². The van der Waals surface area contributed by atoms with Crippen LogP contribution in [0.4, 0.5) is 11.4 Å². The lowest BCUT2D eigenvalue weighted by molar-refractivity contribution is 0.102. The maximum absolute atomic E-state index is 12.9. The molecule has 2 aromatic heterocycles. The maximum Gasteiger partial charge on any atom is 0.274 e. The van der Waals surface area contributed by atoms with Crippen LogP contribution in [-0.2, 0) is 6.42 Å². The molecular formula is C19H21BrN4O. The van der Waals surface area contributed by atoms with E-state index in [9.17, 15) is 4.79 Å². The molecule has 5 nitrogen and oxygen atoms in total. The number of halogens is 1. The minimum Gasteiger partial charge on any atom is -0.378 e. The minimum absolute atomic E-state index is 0.153. The van der Waals surface area contributed by atoms with Gasteiger partial charge in [-0.25, -0.2) is 4.98 Å². The minimum atomic E-state index is -0.153. The van der Waals surface area contributed by atoms with Crippen molar-refractivity contribution in [3.05, 3.63) is 58.0 Å². The Bertz CT molecular complexity index is 929. The standard InChI is InChI=1S/C19H21BrN4O/c1-5-16-17(24-11-13(20)10-12(2)18(24)22-16)19(25)21-14-6-8-15(9-7-14)23(3)4/h6-11H,5H2,1-4H3,(H,21,25). The van der Waals surface area contributed by atoms with Crippen molar-refractivity contribution in [1.82, 2.24) is 9.38 Å². The molecule has 6 heteroatoms. The van der Waals surface area contributed by atoms with Gasteiger partial charge < -0.3 is 10.2 Å². The predicted octanol–water partition coefficient (Wildman–Crippen LogP) is 4.29. The molecule has 1 amide bonds. The zero-order chi connectivity index (χ0) is 18.1. The molecule has 0 bridgehead atoms. The van der Waals surface area contributed by atoms with Gasteiger partial charge in [0, 0.05) is 36.1 Å². The summed E-state index contributed by atoms with van der Waals surface area (Å²) in [6.07, 6.45) is 2.58. The predicted molar refractivity (Wildman–Crippen MR) is 106 cm³/mol. The quantitative estimate of drug-likeness (QED) is 0.710. The highest BCUT2D eigenvalue weighted by Crippen LogP contribution is 2.23. The molecule has 0 aliphatic heterocycles. The van der Waals surface area contributed by atoms with Crippen molar-refractivity contribution in [2.24, 2.45) is 0 Å². The first-order chi connectivity index (χ1) is 11.9. The molecule has 2 heterocycles. The van der Waals surface area contributed by atoms with E-state index in [0.717, 1.165) is 32.8 Å². The smallest absolute Gasteiger partial charge is 0.274 e. The number of pyridine rings is 1. The summed E-state index contributed by atoms with van der Waals surface area (Å²) < 4.78 is 2.78. The summed E-state index contributed by atoms with van der Waals surface area (Å²) >= 11 is 3.50. The summed E-state index contributed by atoms with van der Waals surface area (Å²) in [7, 11) is 3.97. The second-order valence-corrected chi connectivity index (χ2v) is 7.11. The third kappa shape index (κ3) is 3.39. The first-order valence-corrected chi connectivity index (χ1v) is 8.95. The molecule has 0 aliphatic carbocycles. The summed E-state index contributed by atoms with van der Waals surface area (Å²) in [5.74, 6) is -0.153. The van der Waals surface area contributed by atoms with E-state index in [1.807, 2.05) is 73.8 Å². The van der Waals surface area contributed by atoms with Gasteiger partial charge in [-0.15, -0.1) is 0 Å². The average molecular weight is 401 g/mol. The van der Waals surface area contributed by atoms with Crippen LogP contribution < -0.4 is 10.2 Å². The molecule has 0 saturated heterocycles. The van der Waals surface area contributed by atoms with E-state index in [4.69, 9.17) is 0 Å². The third-order valence-corrected chi connectivity index (χ3v) is 4.57. The number of hydrogen-bond acceptors (Lipinski definition) is 3. The van der Waals surface area contributed by atoms with E-state index in [-0.39, 0.29) is 5.91 Å². The van der Waals surface area contributed by atoms with Crippen molar-refractivity contribution in [3.8, 4) is 0 Å². The number of anilines is 2. The average Bonchev–Trinajstić information content (AvgIpc) is 2.94. The number of aromatic nitrogens is 2. The SMILES string of the molecule is CCc1nc2c(C)cc(Br)cn2c1C(=O)Nc1ccc(N(C)C)cc1. The first-order valence-electron chi connectivity index (χ1n) is 8.16. The number of aryl methyl sites for hydroxylation is 2. The molecule has 0 unspecified atom stereocenters. The second kappa shape index (κ2) is 6.88. The molecule has 0 radical (unpaired) electrons. The van der Waals surface area contributed by atoms with Gasteiger partial charge in [-0.3, -0.25) is 9.20 Å². The molecule has 25 heavy (non-hydrogen) atoms. The molecule has 0 fully saturated rings. The molecule has 0 aliphatic rings. The number of benzene rings is 1. The molecule has 0 saturated carbocycles. The van der Waals surface area contributed by atoms with E-state index < -0.39 is 0 Å². The Morgan fingerprint density at radius 3 is 2.56 bits per heavy atom. The van der Waals surface area contributed by atoms with Gasteiger partial charge in [0.1, 0.15) is 11.3 Å². The van der Waals surface area contributed by atoms with Crippen molar-refractivity contribution in [2.75, 3.05) is 24.3 Å². The van der Waals surface area contributed by atoms with Gasteiger partial charge in [0.15, 0.2) is 0 Å². The Morgan fingerprint density at radius 2 is 1.96 bits per heavy atom. The van der Waals surface area contributed by atoms with Crippen molar-refractivity contribution in [1.29, 1.82) is 0 Å². The molecule has 1 N–H and O–H groups in total. The van der Waals surface area contributed by atoms with Crippen LogP contribution in [0.15, 0.2) is 41.0 Å². The number of imidazole rings is 1. The van der Waals surface area contributed by atoms with Crippen LogP contribution in [0.5, 0.6) is 0 Å².